The monoisotopic (exact) mass is 718 g/mol. The second kappa shape index (κ2) is 11.1. The molecule has 12 rings (SSSR count). The third kappa shape index (κ3) is 4.17. The molecule has 1 atom stereocenters. The number of para-hydroxylation sites is 2. The van der Waals surface area contributed by atoms with Crippen molar-refractivity contribution in [1.82, 2.24) is 9.13 Å². The van der Waals surface area contributed by atoms with Gasteiger partial charge in [0.05, 0.1) is 17.1 Å². The Morgan fingerprint density at radius 3 is 1.79 bits per heavy atom. The van der Waals surface area contributed by atoms with Gasteiger partial charge < -0.3 is 9.13 Å². The first-order chi connectivity index (χ1) is 27.3. The van der Waals surface area contributed by atoms with Crippen molar-refractivity contribution in [1.29, 1.82) is 0 Å². The lowest BCUT2D eigenvalue weighted by molar-refractivity contribution is 0.616. The Morgan fingerprint density at radius 1 is 0.464 bits per heavy atom. The number of nitrogens with zero attached hydrogens (tertiary/aromatic N) is 2. The van der Waals surface area contributed by atoms with Crippen molar-refractivity contribution in [2.75, 3.05) is 0 Å². The van der Waals surface area contributed by atoms with E-state index in [-0.39, 0.29) is 16.9 Å². The Hall–Kier alpha value is -6.38. The normalized spacial score (nSPS) is 17.5. The maximum Gasteiger partial charge on any atom is 0.0566 e. The molecule has 0 saturated carbocycles. The summed E-state index contributed by atoms with van der Waals surface area (Å²) in [6, 6.07) is 57.3. The summed E-state index contributed by atoms with van der Waals surface area (Å²) >= 11 is 0. The molecule has 7 aromatic carbocycles. The summed E-state index contributed by atoms with van der Waals surface area (Å²) in [6.45, 7) is 9.46. The number of hydrogen-bond acceptors (Lipinski definition) is 0. The average molecular weight is 719 g/mol. The van der Waals surface area contributed by atoms with E-state index in [0.29, 0.717) is 0 Å². The van der Waals surface area contributed by atoms with Crippen molar-refractivity contribution in [2.45, 2.75) is 51.0 Å². The zero-order chi connectivity index (χ0) is 37.5. The first-order valence-corrected chi connectivity index (χ1v) is 20.1. The molecule has 3 aliphatic carbocycles. The molecule has 268 valence electrons. The van der Waals surface area contributed by atoms with Gasteiger partial charge in [-0.3, -0.25) is 0 Å². The fourth-order valence-electron chi connectivity index (χ4n) is 10.9. The van der Waals surface area contributed by atoms with E-state index in [1.54, 1.807) is 0 Å². The van der Waals surface area contributed by atoms with Crippen LogP contribution in [0.15, 0.2) is 169 Å². The van der Waals surface area contributed by atoms with Gasteiger partial charge in [0.1, 0.15) is 0 Å². The molecule has 0 spiro atoms. The van der Waals surface area contributed by atoms with E-state index in [2.05, 4.69) is 201 Å². The van der Waals surface area contributed by atoms with Crippen molar-refractivity contribution >= 4 is 49.2 Å². The molecule has 1 unspecified atom stereocenters. The molecule has 0 radical (unpaired) electrons. The van der Waals surface area contributed by atoms with Gasteiger partial charge in [0, 0.05) is 49.1 Å². The molecule has 56 heavy (non-hydrogen) atoms. The molecule has 0 fully saturated rings. The SMILES string of the molecule is CC1(C)C2=CCC(n3c4ccccc4c4cc(-c5ccc6c(c5)c5ccccc5n6-c5ccc6c(c5)-c5ccccc5C6(C)C)ccc43)C=C2c2ccccc21. The lowest BCUT2D eigenvalue weighted by Gasteiger charge is -2.27. The zero-order valence-electron chi connectivity index (χ0n) is 32.3. The van der Waals surface area contributed by atoms with E-state index in [0.717, 1.165) is 6.42 Å². The fourth-order valence-corrected chi connectivity index (χ4v) is 10.9. The first kappa shape index (κ1) is 31.9. The Kier molecular flexibility index (Phi) is 6.33. The molecule has 0 saturated heterocycles. The summed E-state index contributed by atoms with van der Waals surface area (Å²) in [4.78, 5) is 0. The molecule has 0 amide bonds. The van der Waals surface area contributed by atoms with E-state index in [4.69, 9.17) is 0 Å². The summed E-state index contributed by atoms with van der Waals surface area (Å²) in [5, 5.41) is 5.17. The quantitative estimate of drug-likeness (QED) is 0.172. The van der Waals surface area contributed by atoms with Gasteiger partial charge in [-0.15, -0.1) is 0 Å². The standard InChI is InChI=1S/C54H42N2/c1-53(2)45-17-9-5-13-37(45)41-31-35(23-25-47(41)53)55-49-19-11-7-15-39(49)43-29-33(21-27-51(43)55)34-22-28-52-44(30-34)40-16-8-12-20-50(40)56(52)36-24-26-48-42(32-36)38-14-6-10-18-46(38)54(48,3)4/h5-23,25-32,36H,24H2,1-4H3. The van der Waals surface area contributed by atoms with Crippen LogP contribution < -0.4 is 0 Å². The summed E-state index contributed by atoms with van der Waals surface area (Å²) in [5.41, 5.74) is 19.9. The predicted octanol–water partition coefficient (Wildman–Crippen LogP) is 14.1. The lowest BCUT2D eigenvalue weighted by Crippen LogP contribution is -2.17. The Balaban J connectivity index is 0.990. The van der Waals surface area contributed by atoms with Crippen molar-refractivity contribution in [3.63, 3.8) is 0 Å². The fraction of sp³-hybridized carbons (Fsp3) is 0.148. The van der Waals surface area contributed by atoms with Crippen LogP contribution in [-0.4, -0.2) is 9.13 Å². The topological polar surface area (TPSA) is 9.86 Å². The number of benzene rings is 7. The molecule has 9 aromatic rings. The highest BCUT2D eigenvalue weighted by Crippen LogP contribution is 2.53. The summed E-state index contributed by atoms with van der Waals surface area (Å²) < 4.78 is 5.05. The largest absolute Gasteiger partial charge is 0.333 e. The smallest absolute Gasteiger partial charge is 0.0566 e. The summed E-state index contributed by atoms with van der Waals surface area (Å²) in [7, 11) is 0. The predicted molar refractivity (Wildman–Crippen MR) is 236 cm³/mol. The van der Waals surface area contributed by atoms with Crippen LogP contribution in [0.25, 0.3) is 77.1 Å². The number of allylic oxidation sites excluding steroid dienone is 4. The van der Waals surface area contributed by atoms with Crippen LogP contribution >= 0.6 is 0 Å². The third-order valence-corrected chi connectivity index (χ3v) is 13.6. The number of hydrogen-bond donors (Lipinski definition) is 0. The zero-order valence-corrected chi connectivity index (χ0v) is 32.3. The van der Waals surface area contributed by atoms with Gasteiger partial charge in [0.25, 0.3) is 0 Å². The Bertz CT molecular complexity index is 3230. The molecule has 0 aliphatic heterocycles. The van der Waals surface area contributed by atoms with Crippen molar-refractivity contribution in [2.24, 2.45) is 0 Å². The number of aromatic nitrogens is 2. The van der Waals surface area contributed by atoms with E-state index >= 15 is 0 Å². The van der Waals surface area contributed by atoms with Gasteiger partial charge in [0.2, 0.25) is 0 Å². The van der Waals surface area contributed by atoms with E-state index in [1.807, 2.05) is 0 Å². The minimum atomic E-state index is -0.0127. The molecule has 2 aromatic heterocycles. The second-order valence-electron chi connectivity index (χ2n) is 17.3. The average Bonchev–Trinajstić information content (AvgIpc) is 3.89. The minimum absolute atomic E-state index is 0.0127. The highest BCUT2D eigenvalue weighted by atomic mass is 15.0. The van der Waals surface area contributed by atoms with Crippen LogP contribution in [0.2, 0.25) is 0 Å². The molecule has 0 N–H and O–H groups in total. The number of fused-ring (bicyclic) bond motifs is 12. The Morgan fingerprint density at radius 2 is 1.02 bits per heavy atom. The van der Waals surface area contributed by atoms with Crippen molar-refractivity contribution < 1.29 is 0 Å². The first-order valence-electron chi connectivity index (χ1n) is 20.1. The Labute approximate surface area is 327 Å². The summed E-state index contributed by atoms with van der Waals surface area (Å²) in [5.74, 6) is 0. The van der Waals surface area contributed by atoms with Crippen molar-refractivity contribution in [3.05, 3.63) is 192 Å². The molecule has 3 aliphatic rings. The lowest BCUT2D eigenvalue weighted by atomic mass is 9.80. The van der Waals surface area contributed by atoms with Gasteiger partial charge in [-0.2, -0.15) is 0 Å². The van der Waals surface area contributed by atoms with Crippen LogP contribution in [0.3, 0.4) is 0 Å². The van der Waals surface area contributed by atoms with Crippen LogP contribution in [0.1, 0.15) is 62.4 Å². The van der Waals surface area contributed by atoms with Gasteiger partial charge in [-0.1, -0.05) is 143 Å². The van der Waals surface area contributed by atoms with E-state index < -0.39 is 0 Å². The van der Waals surface area contributed by atoms with Crippen LogP contribution in [0.5, 0.6) is 0 Å². The van der Waals surface area contributed by atoms with E-state index in [9.17, 15) is 0 Å². The highest BCUT2D eigenvalue weighted by molar-refractivity contribution is 6.12. The van der Waals surface area contributed by atoms with Gasteiger partial charge in [0.15, 0.2) is 0 Å². The molecule has 2 nitrogen and oxygen atoms in total. The maximum atomic E-state index is 2.59. The second-order valence-corrected chi connectivity index (χ2v) is 17.3. The van der Waals surface area contributed by atoms with Crippen LogP contribution in [0.4, 0.5) is 0 Å². The molecule has 2 heterocycles. The molecule has 0 bridgehead atoms. The maximum absolute atomic E-state index is 2.59. The highest BCUT2D eigenvalue weighted by Gasteiger charge is 2.40. The number of rotatable bonds is 3. The molecular weight excluding hydrogens is 677 g/mol. The molecule has 2 heteroatoms. The van der Waals surface area contributed by atoms with Crippen molar-refractivity contribution in [3.8, 4) is 27.9 Å². The van der Waals surface area contributed by atoms with Crippen LogP contribution in [-0.2, 0) is 10.8 Å². The van der Waals surface area contributed by atoms with Gasteiger partial charge in [-0.05, 0) is 111 Å². The van der Waals surface area contributed by atoms with Gasteiger partial charge in [-0.25, -0.2) is 0 Å². The third-order valence-electron chi connectivity index (χ3n) is 13.6. The summed E-state index contributed by atoms with van der Waals surface area (Å²) in [6.07, 6.45) is 6.05. The molecular formula is C54H42N2. The minimum Gasteiger partial charge on any atom is -0.333 e. The van der Waals surface area contributed by atoms with E-state index in [1.165, 1.54) is 105 Å². The van der Waals surface area contributed by atoms with Gasteiger partial charge >= 0.3 is 0 Å². The van der Waals surface area contributed by atoms with Crippen LogP contribution in [0, 0.1) is 0 Å².